The zero-order valence-corrected chi connectivity index (χ0v) is 12.5. The molecule has 3 rings (SSSR count). The van der Waals surface area contributed by atoms with Crippen LogP contribution in [0.4, 0.5) is 4.39 Å². The monoisotopic (exact) mass is 312 g/mol. The van der Waals surface area contributed by atoms with Crippen LogP contribution in [0.15, 0.2) is 65.4 Å². The molecule has 0 bridgehead atoms. The van der Waals surface area contributed by atoms with E-state index in [1.807, 2.05) is 29.6 Å². The second-order valence-corrected chi connectivity index (χ2v) is 5.53. The van der Waals surface area contributed by atoms with Gasteiger partial charge in [-0.15, -0.1) is 11.3 Å². The quantitative estimate of drug-likeness (QED) is 0.513. The number of halogens is 1. The van der Waals surface area contributed by atoms with Gasteiger partial charge in [0, 0.05) is 28.4 Å². The minimum Gasteiger partial charge on any atom is -0.391 e. The van der Waals surface area contributed by atoms with E-state index in [1.54, 1.807) is 30.7 Å². The first-order valence-corrected chi connectivity index (χ1v) is 7.58. The van der Waals surface area contributed by atoms with Crippen molar-refractivity contribution in [2.45, 2.75) is 6.61 Å². The van der Waals surface area contributed by atoms with Crippen LogP contribution in [0, 0.1) is 5.82 Å². The number of oxime groups is 1. The van der Waals surface area contributed by atoms with Gasteiger partial charge in [0.05, 0.1) is 6.21 Å². The summed E-state index contributed by atoms with van der Waals surface area (Å²) in [6, 6.07) is 12.4. The van der Waals surface area contributed by atoms with Crippen LogP contribution >= 0.6 is 11.3 Å². The molecule has 0 amide bonds. The van der Waals surface area contributed by atoms with E-state index in [9.17, 15) is 4.39 Å². The van der Waals surface area contributed by atoms with Crippen LogP contribution in [-0.2, 0) is 11.4 Å². The molecule has 0 aliphatic rings. The van der Waals surface area contributed by atoms with E-state index in [0.29, 0.717) is 12.2 Å². The van der Waals surface area contributed by atoms with Crippen molar-refractivity contribution in [3.05, 3.63) is 77.2 Å². The fourth-order valence-corrected chi connectivity index (χ4v) is 2.68. The highest BCUT2D eigenvalue weighted by atomic mass is 32.1. The molecule has 0 aliphatic heterocycles. The van der Waals surface area contributed by atoms with Gasteiger partial charge in [-0.2, -0.15) is 0 Å². The Hall–Kier alpha value is -2.53. The van der Waals surface area contributed by atoms with Gasteiger partial charge in [0.1, 0.15) is 12.4 Å². The lowest BCUT2D eigenvalue weighted by Crippen LogP contribution is -1.90. The van der Waals surface area contributed by atoms with Crippen molar-refractivity contribution in [1.29, 1.82) is 0 Å². The van der Waals surface area contributed by atoms with Crippen molar-refractivity contribution in [2.75, 3.05) is 0 Å². The molecule has 110 valence electrons. The Morgan fingerprint density at radius 3 is 2.95 bits per heavy atom. The Bertz CT molecular complexity index is 758. The maximum Gasteiger partial charge on any atom is 0.143 e. The van der Waals surface area contributed by atoms with E-state index < -0.39 is 0 Å². The molecule has 2 aromatic heterocycles. The first kappa shape index (κ1) is 14.4. The van der Waals surface area contributed by atoms with Crippen LogP contribution in [0.2, 0.25) is 0 Å². The summed E-state index contributed by atoms with van der Waals surface area (Å²) >= 11 is 1.50. The Kier molecular flexibility index (Phi) is 4.56. The topological polar surface area (TPSA) is 34.5 Å². The van der Waals surface area contributed by atoms with E-state index in [-0.39, 0.29) is 5.82 Å². The smallest absolute Gasteiger partial charge is 0.143 e. The van der Waals surface area contributed by atoms with Crippen LogP contribution in [-0.4, -0.2) is 11.2 Å². The third-order valence-electron chi connectivity index (χ3n) is 3.01. The van der Waals surface area contributed by atoms with E-state index in [0.717, 1.165) is 16.0 Å². The number of pyridine rings is 1. The maximum atomic E-state index is 13.9. The highest BCUT2D eigenvalue weighted by molar-refractivity contribution is 7.13. The summed E-state index contributed by atoms with van der Waals surface area (Å²) in [5, 5.41) is 5.84. The molecule has 0 saturated carbocycles. The maximum absolute atomic E-state index is 13.9. The molecule has 22 heavy (non-hydrogen) atoms. The molecule has 2 heterocycles. The summed E-state index contributed by atoms with van der Waals surface area (Å²) in [7, 11) is 0. The summed E-state index contributed by atoms with van der Waals surface area (Å²) in [6.45, 7) is 0.351. The molecule has 0 aliphatic carbocycles. The summed E-state index contributed by atoms with van der Waals surface area (Å²) in [5.41, 5.74) is 2.31. The van der Waals surface area contributed by atoms with E-state index in [1.165, 1.54) is 17.4 Å². The fourth-order valence-electron chi connectivity index (χ4n) is 1.94. The number of rotatable bonds is 5. The minimum absolute atomic E-state index is 0.240. The molecule has 0 fully saturated rings. The lowest BCUT2D eigenvalue weighted by atomic mass is 10.1. The lowest BCUT2D eigenvalue weighted by Gasteiger charge is -2.02. The Labute approximate surface area is 131 Å². The molecular formula is C17H13FN2OS. The summed E-state index contributed by atoms with van der Waals surface area (Å²) in [4.78, 5) is 10.1. The van der Waals surface area contributed by atoms with Crippen molar-refractivity contribution >= 4 is 17.6 Å². The average molecular weight is 312 g/mol. The Morgan fingerprint density at radius 2 is 2.18 bits per heavy atom. The number of thiophene rings is 1. The number of hydrogen-bond donors (Lipinski definition) is 0. The van der Waals surface area contributed by atoms with Crippen LogP contribution < -0.4 is 0 Å². The van der Waals surface area contributed by atoms with Gasteiger partial charge in [-0.25, -0.2) is 4.39 Å². The third kappa shape index (κ3) is 3.56. The zero-order valence-electron chi connectivity index (χ0n) is 11.6. The van der Waals surface area contributed by atoms with Gasteiger partial charge in [-0.05, 0) is 35.2 Å². The van der Waals surface area contributed by atoms with Crippen molar-refractivity contribution in [3.8, 4) is 10.4 Å². The molecular weight excluding hydrogens is 299 g/mol. The summed E-state index contributed by atoms with van der Waals surface area (Å²) < 4.78 is 13.9. The highest BCUT2D eigenvalue weighted by Crippen LogP contribution is 2.27. The molecule has 3 aromatic rings. The van der Waals surface area contributed by atoms with Crippen LogP contribution in [0.5, 0.6) is 0 Å². The van der Waals surface area contributed by atoms with Gasteiger partial charge in [-0.3, -0.25) is 4.98 Å². The van der Waals surface area contributed by atoms with Gasteiger partial charge >= 0.3 is 0 Å². The average Bonchev–Trinajstić information content (AvgIpc) is 3.08. The second-order valence-electron chi connectivity index (χ2n) is 4.59. The predicted octanol–water partition coefficient (Wildman–Crippen LogP) is 4.50. The Morgan fingerprint density at radius 1 is 1.23 bits per heavy atom. The van der Waals surface area contributed by atoms with Gasteiger partial charge in [0.25, 0.3) is 0 Å². The number of benzene rings is 1. The normalized spacial score (nSPS) is 11.0. The molecule has 0 N–H and O–H groups in total. The molecule has 0 saturated heterocycles. The van der Waals surface area contributed by atoms with Gasteiger partial charge in [0.2, 0.25) is 0 Å². The molecule has 0 radical (unpaired) electrons. The van der Waals surface area contributed by atoms with Gasteiger partial charge in [-0.1, -0.05) is 23.4 Å². The van der Waals surface area contributed by atoms with E-state index >= 15 is 0 Å². The summed E-state index contributed by atoms with van der Waals surface area (Å²) in [6.07, 6.45) is 5.01. The lowest BCUT2D eigenvalue weighted by molar-refractivity contribution is 0.132. The van der Waals surface area contributed by atoms with E-state index in [4.69, 9.17) is 4.84 Å². The molecule has 0 unspecified atom stereocenters. The highest BCUT2D eigenvalue weighted by Gasteiger charge is 2.06. The SMILES string of the molecule is Fc1ccc(/C=N/OCc2cccnc2)cc1-c1cccs1. The molecule has 0 atom stereocenters. The van der Waals surface area contributed by atoms with Crippen molar-refractivity contribution in [2.24, 2.45) is 5.16 Å². The predicted molar refractivity (Wildman–Crippen MR) is 86.3 cm³/mol. The number of hydrogen-bond acceptors (Lipinski definition) is 4. The van der Waals surface area contributed by atoms with Crippen molar-refractivity contribution in [3.63, 3.8) is 0 Å². The molecule has 0 spiro atoms. The second kappa shape index (κ2) is 6.95. The first-order valence-electron chi connectivity index (χ1n) is 6.70. The molecule has 5 heteroatoms. The van der Waals surface area contributed by atoms with Gasteiger partial charge in [0.15, 0.2) is 0 Å². The molecule has 1 aromatic carbocycles. The standard InChI is InChI=1S/C17H13FN2OS/c18-16-6-5-13(9-15(16)17-4-2-8-22-17)11-20-21-12-14-3-1-7-19-10-14/h1-11H,12H2/b20-11+. The zero-order chi connectivity index (χ0) is 15.2. The van der Waals surface area contributed by atoms with E-state index in [2.05, 4.69) is 10.1 Å². The first-order chi connectivity index (χ1) is 10.8. The fraction of sp³-hybridized carbons (Fsp3) is 0.0588. The van der Waals surface area contributed by atoms with Crippen molar-refractivity contribution < 1.29 is 9.23 Å². The third-order valence-corrected chi connectivity index (χ3v) is 3.91. The van der Waals surface area contributed by atoms with Crippen molar-refractivity contribution in [1.82, 2.24) is 4.98 Å². The number of nitrogens with zero attached hydrogens (tertiary/aromatic N) is 2. The number of aromatic nitrogens is 1. The summed E-state index contributed by atoms with van der Waals surface area (Å²) in [5.74, 6) is -0.240. The molecule has 3 nitrogen and oxygen atoms in total. The minimum atomic E-state index is -0.240. The Balaban J connectivity index is 1.68. The van der Waals surface area contributed by atoms with Crippen LogP contribution in [0.1, 0.15) is 11.1 Å². The van der Waals surface area contributed by atoms with Crippen LogP contribution in [0.3, 0.4) is 0 Å². The van der Waals surface area contributed by atoms with Gasteiger partial charge < -0.3 is 4.84 Å². The largest absolute Gasteiger partial charge is 0.391 e. The van der Waals surface area contributed by atoms with Crippen LogP contribution in [0.25, 0.3) is 10.4 Å².